The van der Waals surface area contributed by atoms with Gasteiger partial charge >= 0.3 is 0 Å². The predicted octanol–water partition coefficient (Wildman–Crippen LogP) is 1.95. The number of aromatic carboxylic acids is 1. The molecule has 0 amide bonds. The highest BCUT2D eigenvalue weighted by Crippen LogP contribution is 2.19. The first-order valence-electron chi connectivity index (χ1n) is 6.29. The Morgan fingerprint density at radius 1 is 1.00 bits per heavy atom. The maximum Gasteiger partial charge on any atom is 0.189 e. The average molecular weight is 281 g/mol. The summed E-state index contributed by atoms with van der Waals surface area (Å²) in [7, 11) is 1.49. The van der Waals surface area contributed by atoms with Gasteiger partial charge in [0.05, 0.1) is 18.6 Å². The van der Waals surface area contributed by atoms with Crippen molar-refractivity contribution in [2.24, 2.45) is 0 Å². The van der Waals surface area contributed by atoms with Gasteiger partial charge in [-0.15, -0.1) is 0 Å². The Hall–Kier alpha value is -2.88. The molecule has 0 spiro atoms. The van der Waals surface area contributed by atoms with E-state index >= 15 is 0 Å². The maximum absolute atomic E-state index is 12.1. The Labute approximate surface area is 122 Å². The van der Waals surface area contributed by atoms with Crippen LogP contribution in [0.25, 0.3) is 6.08 Å². The first-order chi connectivity index (χ1) is 10.1. The summed E-state index contributed by atoms with van der Waals surface area (Å²) in [6.45, 7) is 0. The molecule has 2 aromatic rings. The number of carboxylic acids is 1. The van der Waals surface area contributed by atoms with Gasteiger partial charge in [-0.3, -0.25) is 4.79 Å². The summed E-state index contributed by atoms with van der Waals surface area (Å²) in [5.41, 5.74) is 0.879. The molecule has 2 aromatic carbocycles. The van der Waals surface area contributed by atoms with Crippen LogP contribution >= 0.6 is 0 Å². The number of carbonyl (C=O) groups is 2. The van der Waals surface area contributed by atoms with Gasteiger partial charge in [-0.1, -0.05) is 42.5 Å². The molecule has 0 aliphatic carbocycles. The van der Waals surface area contributed by atoms with Crippen LogP contribution in [0.5, 0.6) is 5.75 Å². The van der Waals surface area contributed by atoms with Crippen molar-refractivity contribution in [1.29, 1.82) is 0 Å². The van der Waals surface area contributed by atoms with E-state index in [4.69, 9.17) is 4.74 Å². The van der Waals surface area contributed by atoms with E-state index in [1.165, 1.54) is 25.3 Å². The number of methoxy groups -OCH3 is 1. The van der Waals surface area contributed by atoms with Gasteiger partial charge in [0.15, 0.2) is 5.78 Å². The number of carboxylic acid groups (broad SMARTS) is 1. The number of benzene rings is 2. The molecule has 0 bridgehead atoms. The van der Waals surface area contributed by atoms with Crippen LogP contribution in [0.1, 0.15) is 26.3 Å². The molecular formula is C17H13O4-. The van der Waals surface area contributed by atoms with E-state index in [1.54, 1.807) is 42.5 Å². The lowest BCUT2D eigenvalue weighted by molar-refractivity contribution is -0.255. The molecule has 106 valence electrons. The number of ether oxygens (including phenoxy) is 1. The number of ketones is 1. The molecule has 0 aromatic heterocycles. The lowest BCUT2D eigenvalue weighted by Gasteiger charge is -2.07. The normalized spacial score (nSPS) is 10.5. The number of allylic oxidation sites excluding steroid dienone is 1. The van der Waals surface area contributed by atoms with Crippen molar-refractivity contribution < 1.29 is 19.4 Å². The van der Waals surface area contributed by atoms with Crippen LogP contribution in [0, 0.1) is 0 Å². The fourth-order valence-corrected chi connectivity index (χ4v) is 1.93. The second-order valence-electron chi connectivity index (χ2n) is 4.27. The number of rotatable bonds is 5. The fraction of sp³-hybridized carbons (Fsp3) is 0.0588. The van der Waals surface area contributed by atoms with Crippen molar-refractivity contribution in [3.05, 3.63) is 71.3 Å². The monoisotopic (exact) mass is 281 g/mol. The molecule has 0 saturated heterocycles. The summed E-state index contributed by atoms with van der Waals surface area (Å²) < 4.78 is 5.12. The van der Waals surface area contributed by atoms with Crippen LogP contribution in [-0.2, 0) is 0 Å². The highest BCUT2D eigenvalue weighted by molar-refractivity contribution is 6.09. The lowest BCUT2D eigenvalue weighted by Crippen LogP contribution is -2.23. The standard InChI is InChI=1S/C17H14O4/c1-21-16-9-5-4-8-14(16)15(18)11-10-12-6-2-3-7-13(12)17(19)20/h2-11H,1H3,(H,19,20)/p-1/b11-10+. The molecule has 21 heavy (non-hydrogen) atoms. The summed E-state index contributed by atoms with van der Waals surface area (Å²) in [5.74, 6) is -1.07. The van der Waals surface area contributed by atoms with E-state index in [1.807, 2.05) is 0 Å². The van der Waals surface area contributed by atoms with E-state index in [0.29, 0.717) is 16.9 Å². The van der Waals surface area contributed by atoms with Gasteiger partial charge in [-0.05, 0) is 23.8 Å². The summed E-state index contributed by atoms with van der Waals surface area (Å²) in [6.07, 6.45) is 2.78. The molecule has 0 N–H and O–H groups in total. The Balaban J connectivity index is 2.30. The highest BCUT2D eigenvalue weighted by Gasteiger charge is 2.08. The van der Waals surface area contributed by atoms with Gasteiger partial charge in [0.25, 0.3) is 0 Å². The molecule has 0 saturated carbocycles. The number of hydrogen-bond acceptors (Lipinski definition) is 4. The zero-order valence-electron chi connectivity index (χ0n) is 11.4. The summed E-state index contributed by atoms with van der Waals surface area (Å²) >= 11 is 0. The van der Waals surface area contributed by atoms with Crippen LogP contribution in [0.3, 0.4) is 0 Å². The second kappa shape index (κ2) is 6.52. The van der Waals surface area contributed by atoms with Gasteiger partial charge in [0, 0.05) is 5.56 Å². The van der Waals surface area contributed by atoms with E-state index in [9.17, 15) is 14.7 Å². The molecule has 0 unspecified atom stereocenters. The molecule has 0 atom stereocenters. The van der Waals surface area contributed by atoms with Crippen molar-refractivity contribution in [3.63, 3.8) is 0 Å². The Bertz CT molecular complexity index is 701. The van der Waals surface area contributed by atoms with Crippen molar-refractivity contribution >= 4 is 17.8 Å². The van der Waals surface area contributed by atoms with Gasteiger partial charge in [-0.2, -0.15) is 0 Å². The zero-order chi connectivity index (χ0) is 15.2. The zero-order valence-corrected chi connectivity index (χ0v) is 11.4. The van der Waals surface area contributed by atoms with Gasteiger partial charge in [-0.25, -0.2) is 0 Å². The topological polar surface area (TPSA) is 66.4 Å². The molecule has 0 heterocycles. The number of para-hydroxylation sites is 1. The number of hydrogen-bond donors (Lipinski definition) is 0. The first-order valence-corrected chi connectivity index (χ1v) is 6.29. The predicted molar refractivity (Wildman–Crippen MR) is 77.1 cm³/mol. The van der Waals surface area contributed by atoms with E-state index in [0.717, 1.165) is 0 Å². The van der Waals surface area contributed by atoms with Crippen LogP contribution in [-0.4, -0.2) is 18.9 Å². The minimum atomic E-state index is -1.28. The van der Waals surface area contributed by atoms with Gasteiger partial charge in [0.2, 0.25) is 0 Å². The second-order valence-corrected chi connectivity index (χ2v) is 4.27. The third kappa shape index (κ3) is 3.36. The molecule has 0 aliphatic heterocycles. The Morgan fingerprint density at radius 2 is 1.62 bits per heavy atom. The minimum absolute atomic E-state index is 0.0431. The maximum atomic E-state index is 12.1. The molecule has 0 fully saturated rings. The number of carbonyl (C=O) groups excluding carboxylic acids is 2. The third-order valence-electron chi connectivity index (χ3n) is 2.97. The fourth-order valence-electron chi connectivity index (χ4n) is 1.93. The first kappa shape index (κ1) is 14.5. The van der Waals surface area contributed by atoms with E-state index < -0.39 is 5.97 Å². The van der Waals surface area contributed by atoms with Crippen molar-refractivity contribution in [3.8, 4) is 5.75 Å². The Kier molecular flexibility index (Phi) is 4.51. The summed E-state index contributed by atoms with van der Waals surface area (Å²) in [4.78, 5) is 23.1. The Morgan fingerprint density at radius 3 is 2.29 bits per heavy atom. The van der Waals surface area contributed by atoms with E-state index in [2.05, 4.69) is 0 Å². The largest absolute Gasteiger partial charge is 0.545 e. The van der Waals surface area contributed by atoms with Crippen molar-refractivity contribution in [1.82, 2.24) is 0 Å². The average Bonchev–Trinajstić information content (AvgIpc) is 2.52. The summed E-state index contributed by atoms with van der Waals surface area (Å²) in [6, 6.07) is 13.2. The van der Waals surface area contributed by atoms with E-state index in [-0.39, 0.29) is 11.3 Å². The molecule has 2 rings (SSSR count). The molecule has 4 heteroatoms. The van der Waals surface area contributed by atoms with Crippen molar-refractivity contribution in [2.75, 3.05) is 7.11 Å². The van der Waals surface area contributed by atoms with Crippen LogP contribution in [0.15, 0.2) is 54.6 Å². The van der Waals surface area contributed by atoms with Crippen LogP contribution < -0.4 is 9.84 Å². The third-order valence-corrected chi connectivity index (χ3v) is 2.97. The summed E-state index contributed by atoms with van der Waals surface area (Å²) in [5, 5.41) is 11.0. The molecule has 0 aliphatic rings. The smallest absolute Gasteiger partial charge is 0.189 e. The van der Waals surface area contributed by atoms with Crippen LogP contribution in [0.4, 0.5) is 0 Å². The molecule has 4 nitrogen and oxygen atoms in total. The minimum Gasteiger partial charge on any atom is -0.545 e. The SMILES string of the molecule is COc1ccccc1C(=O)/C=C/c1ccccc1C(=O)[O-]. The van der Waals surface area contributed by atoms with Crippen molar-refractivity contribution in [2.45, 2.75) is 0 Å². The lowest BCUT2D eigenvalue weighted by atomic mass is 10.0. The van der Waals surface area contributed by atoms with Gasteiger partial charge in [0.1, 0.15) is 5.75 Å². The van der Waals surface area contributed by atoms with Crippen LogP contribution in [0.2, 0.25) is 0 Å². The molecule has 0 radical (unpaired) electrons. The molecular weight excluding hydrogens is 268 g/mol. The van der Waals surface area contributed by atoms with Gasteiger partial charge < -0.3 is 14.6 Å². The quantitative estimate of drug-likeness (QED) is 0.620. The highest BCUT2D eigenvalue weighted by atomic mass is 16.5.